The Kier molecular flexibility index (Phi) is 7.36. The van der Waals surface area contributed by atoms with Gasteiger partial charge in [0.25, 0.3) is 0 Å². The first-order chi connectivity index (χ1) is 5.93. The van der Waals surface area contributed by atoms with Crippen molar-refractivity contribution in [2.75, 3.05) is 0 Å². The Bertz CT molecular complexity index is 197. The van der Waals surface area contributed by atoms with Crippen LogP contribution in [-0.2, 0) is 6.42 Å². The Morgan fingerprint density at radius 2 is 1.67 bits per heavy atom. The molecule has 1 rings (SSSR count). The van der Waals surface area contributed by atoms with Crippen LogP contribution in [0, 0.1) is 0 Å². The molecule has 0 radical (unpaired) electrons. The fourth-order valence-electron chi connectivity index (χ4n) is 0.868. The maximum absolute atomic E-state index is 2.16. The van der Waals surface area contributed by atoms with Gasteiger partial charge in [-0.15, -0.1) is 0 Å². The molecule has 0 saturated carbocycles. The van der Waals surface area contributed by atoms with E-state index in [-0.39, 0.29) is 0 Å². The summed E-state index contributed by atoms with van der Waals surface area (Å²) in [6.07, 6.45) is 5.29. The van der Waals surface area contributed by atoms with Gasteiger partial charge in [-0.1, -0.05) is 56.3 Å². The lowest BCUT2D eigenvalue weighted by atomic mass is 10.1. The van der Waals surface area contributed by atoms with Crippen LogP contribution in [0.15, 0.2) is 42.5 Å². The van der Waals surface area contributed by atoms with Gasteiger partial charge in [-0.25, -0.2) is 0 Å². The Hall–Kier alpha value is -1.04. The molecule has 0 nitrogen and oxygen atoms in total. The third-order valence-corrected chi connectivity index (χ3v) is 1.43. The quantitative estimate of drug-likeness (QED) is 0.580. The van der Waals surface area contributed by atoms with Crippen molar-refractivity contribution in [2.24, 2.45) is 0 Å². The van der Waals surface area contributed by atoms with E-state index in [0.29, 0.717) is 0 Å². The van der Waals surface area contributed by atoms with Crippen LogP contribution in [0.25, 0.3) is 0 Å². The van der Waals surface area contributed by atoms with E-state index in [1.54, 1.807) is 0 Å². The molecule has 0 aromatic heterocycles. The second-order valence-corrected chi connectivity index (χ2v) is 2.26. The van der Waals surface area contributed by atoms with Gasteiger partial charge in [0.15, 0.2) is 0 Å². The van der Waals surface area contributed by atoms with E-state index in [9.17, 15) is 0 Å². The SMILES string of the molecule is C/C=C/Cc1ccccc1.CC. The molecule has 0 amide bonds. The van der Waals surface area contributed by atoms with Crippen LogP contribution in [0.1, 0.15) is 26.3 Å². The second kappa shape index (κ2) is 8.06. The summed E-state index contributed by atoms with van der Waals surface area (Å²) < 4.78 is 0. The van der Waals surface area contributed by atoms with E-state index in [4.69, 9.17) is 0 Å². The number of benzene rings is 1. The highest BCUT2D eigenvalue weighted by molar-refractivity contribution is 5.17. The van der Waals surface area contributed by atoms with Gasteiger partial charge in [0.2, 0.25) is 0 Å². The molecule has 0 saturated heterocycles. The van der Waals surface area contributed by atoms with Crippen molar-refractivity contribution in [3.63, 3.8) is 0 Å². The van der Waals surface area contributed by atoms with Gasteiger partial charge in [0.05, 0.1) is 0 Å². The molecule has 0 spiro atoms. The maximum Gasteiger partial charge on any atom is -0.00976 e. The molecule has 1 aromatic carbocycles. The van der Waals surface area contributed by atoms with Crippen LogP contribution >= 0.6 is 0 Å². The zero-order chi connectivity index (χ0) is 9.23. The second-order valence-electron chi connectivity index (χ2n) is 2.26. The van der Waals surface area contributed by atoms with Gasteiger partial charge >= 0.3 is 0 Å². The zero-order valence-electron chi connectivity index (χ0n) is 8.25. The van der Waals surface area contributed by atoms with E-state index in [1.165, 1.54) is 5.56 Å². The van der Waals surface area contributed by atoms with E-state index in [2.05, 4.69) is 36.4 Å². The largest absolute Gasteiger partial charge is 0.0913 e. The summed E-state index contributed by atoms with van der Waals surface area (Å²) in [6.45, 7) is 6.04. The smallest absolute Gasteiger partial charge is 0.00976 e. The van der Waals surface area contributed by atoms with E-state index in [1.807, 2.05) is 26.8 Å². The highest BCUT2D eigenvalue weighted by Gasteiger charge is 1.83. The molecule has 0 bridgehead atoms. The fourth-order valence-corrected chi connectivity index (χ4v) is 0.868. The minimum Gasteiger partial charge on any atom is -0.0913 e. The van der Waals surface area contributed by atoms with E-state index in [0.717, 1.165) is 6.42 Å². The molecule has 0 N–H and O–H groups in total. The molecule has 0 heteroatoms. The lowest BCUT2D eigenvalue weighted by molar-refractivity contribution is 1.26. The molecule has 0 heterocycles. The van der Waals surface area contributed by atoms with Gasteiger partial charge in [-0.05, 0) is 18.9 Å². The summed E-state index contributed by atoms with van der Waals surface area (Å²) >= 11 is 0. The Labute approximate surface area is 75.9 Å². The van der Waals surface area contributed by atoms with Crippen molar-refractivity contribution in [1.82, 2.24) is 0 Å². The fraction of sp³-hybridized carbons (Fsp3) is 0.333. The number of hydrogen-bond donors (Lipinski definition) is 0. The van der Waals surface area contributed by atoms with Crippen molar-refractivity contribution in [3.05, 3.63) is 48.0 Å². The Balaban J connectivity index is 0.000000561. The van der Waals surface area contributed by atoms with Crippen LogP contribution < -0.4 is 0 Å². The summed E-state index contributed by atoms with van der Waals surface area (Å²) in [5, 5.41) is 0. The van der Waals surface area contributed by atoms with Gasteiger partial charge in [0.1, 0.15) is 0 Å². The standard InChI is InChI=1S/C10H12.C2H6/c1-2-3-7-10-8-5-4-6-9-10;1-2/h2-6,8-9H,7H2,1H3;1-2H3/b3-2+;. The molecular weight excluding hydrogens is 144 g/mol. The van der Waals surface area contributed by atoms with Crippen LogP contribution in [0.5, 0.6) is 0 Å². The van der Waals surface area contributed by atoms with Crippen molar-refractivity contribution < 1.29 is 0 Å². The van der Waals surface area contributed by atoms with Crippen molar-refractivity contribution in [2.45, 2.75) is 27.2 Å². The van der Waals surface area contributed by atoms with Crippen LogP contribution in [0.2, 0.25) is 0 Å². The summed E-state index contributed by atoms with van der Waals surface area (Å²) in [6, 6.07) is 10.5. The third kappa shape index (κ3) is 4.73. The van der Waals surface area contributed by atoms with Gasteiger partial charge in [0, 0.05) is 0 Å². The summed E-state index contributed by atoms with van der Waals surface area (Å²) in [5.41, 5.74) is 1.38. The normalized spacial score (nSPS) is 9.25. The molecule has 0 aliphatic heterocycles. The number of allylic oxidation sites excluding steroid dienone is 2. The van der Waals surface area contributed by atoms with Crippen LogP contribution in [-0.4, -0.2) is 0 Å². The first-order valence-electron chi connectivity index (χ1n) is 4.58. The predicted octanol–water partition coefficient (Wildman–Crippen LogP) is 3.83. The average molecular weight is 162 g/mol. The molecule has 0 unspecified atom stereocenters. The van der Waals surface area contributed by atoms with Crippen molar-refractivity contribution >= 4 is 0 Å². The van der Waals surface area contributed by atoms with E-state index >= 15 is 0 Å². The lowest BCUT2D eigenvalue weighted by Gasteiger charge is -1.92. The highest BCUT2D eigenvalue weighted by Crippen LogP contribution is 1.99. The van der Waals surface area contributed by atoms with E-state index < -0.39 is 0 Å². The van der Waals surface area contributed by atoms with Crippen LogP contribution in [0.3, 0.4) is 0 Å². The predicted molar refractivity (Wildman–Crippen MR) is 56.3 cm³/mol. The molecule has 0 atom stereocenters. The number of hydrogen-bond acceptors (Lipinski definition) is 0. The monoisotopic (exact) mass is 162 g/mol. The van der Waals surface area contributed by atoms with Gasteiger partial charge in [-0.3, -0.25) is 0 Å². The van der Waals surface area contributed by atoms with Crippen LogP contribution in [0.4, 0.5) is 0 Å². The average Bonchev–Trinajstić information content (AvgIpc) is 2.19. The first-order valence-corrected chi connectivity index (χ1v) is 4.58. The van der Waals surface area contributed by atoms with Crippen molar-refractivity contribution in [3.8, 4) is 0 Å². The molecular formula is C12H18. The highest BCUT2D eigenvalue weighted by atomic mass is 13.9. The Morgan fingerprint density at radius 1 is 1.08 bits per heavy atom. The third-order valence-electron chi connectivity index (χ3n) is 1.43. The van der Waals surface area contributed by atoms with Crippen molar-refractivity contribution in [1.29, 1.82) is 0 Å². The van der Waals surface area contributed by atoms with Gasteiger partial charge < -0.3 is 0 Å². The Morgan fingerprint density at radius 3 is 2.17 bits per heavy atom. The summed E-state index contributed by atoms with van der Waals surface area (Å²) in [5.74, 6) is 0. The lowest BCUT2D eigenvalue weighted by Crippen LogP contribution is -1.76. The molecule has 0 fully saturated rings. The maximum atomic E-state index is 2.16. The molecule has 1 aromatic rings. The first kappa shape index (κ1) is 11.0. The van der Waals surface area contributed by atoms with Gasteiger partial charge in [-0.2, -0.15) is 0 Å². The minimum absolute atomic E-state index is 1.05. The molecule has 0 aliphatic carbocycles. The summed E-state index contributed by atoms with van der Waals surface area (Å²) in [7, 11) is 0. The zero-order valence-corrected chi connectivity index (χ0v) is 8.25. The minimum atomic E-state index is 1.05. The molecule has 66 valence electrons. The summed E-state index contributed by atoms with van der Waals surface area (Å²) in [4.78, 5) is 0. The molecule has 0 aliphatic rings. The number of rotatable bonds is 2. The molecule has 12 heavy (non-hydrogen) atoms. The topological polar surface area (TPSA) is 0 Å².